The highest BCUT2D eigenvalue weighted by Crippen LogP contribution is 2.41. The Bertz CT molecular complexity index is 1290. The Morgan fingerprint density at radius 1 is 1.09 bits per heavy atom. The number of aliphatic carboxylic acids is 1. The summed E-state index contributed by atoms with van der Waals surface area (Å²) in [6.45, 7) is 3.62. The quantitative estimate of drug-likeness (QED) is 0.557. The number of hydrogen-bond acceptors (Lipinski definition) is 3. The van der Waals surface area contributed by atoms with Crippen molar-refractivity contribution in [2.24, 2.45) is 0 Å². The molecule has 0 atom stereocenters. The van der Waals surface area contributed by atoms with Gasteiger partial charge in [0.25, 0.3) is 0 Å². The molecule has 6 nitrogen and oxygen atoms in total. The van der Waals surface area contributed by atoms with Gasteiger partial charge in [0.1, 0.15) is 12.4 Å². The minimum Gasteiger partial charge on any atom is -0.480 e. The van der Waals surface area contributed by atoms with Crippen LogP contribution in [0.25, 0.3) is 10.9 Å². The van der Waals surface area contributed by atoms with Crippen LogP contribution < -0.4 is 0 Å². The largest absolute Gasteiger partial charge is 0.480 e. The number of aromatic nitrogens is 1. The lowest BCUT2D eigenvalue weighted by Crippen LogP contribution is -2.39. The normalized spacial score (nSPS) is 19.3. The van der Waals surface area contributed by atoms with Crippen molar-refractivity contribution in [2.45, 2.75) is 62.9 Å². The van der Waals surface area contributed by atoms with Crippen LogP contribution in [-0.2, 0) is 21.4 Å². The van der Waals surface area contributed by atoms with Gasteiger partial charge in [0.2, 0.25) is 10.0 Å². The van der Waals surface area contributed by atoms with Gasteiger partial charge in [-0.1, -0.05) is 17.7 Å². The van der Waals surface area contributed by atoms with Crippen molar-refractivity contribution >= 4 is 26.9 Å². The van der Waals surface area contributed by atoms with E-state index in [2.05, 4.69) is 0 Å². The fraction of sp³-hybridized carbons (Fsp3) is 0.400. The third kappa shape index (κ3) is 4.42. The van der Waals surface area contributed by atoms with Crippen molar-refractivity contribution in [1.82, 2.24) is 8.87 Å². The number of halogens is 1. The van der Waals surface area contributed by atoms with Gasteiger partial charge in [-0.2, -0.15) is 4.31 Å². The molecular weight excluding hydrogens is 443 g/mol. The minimum atomic E-state index is -3.58. The molecule has 1 N–H and O–H groups in total. The van der Waals surface area contributed by atoms with E-state index in [-0.39, 0.29) is 24.3 Å². The molecule has 0 unspecified atom stereocenters. The van der Waals surface area contributed by atoms with Gasteiger partial charge < -0.3 is 9.67 Å². The molecule has 176 valence electrons. The molecule has 1 heterocycles. The Hall–Kier alpha value is -2.71. The van der Waals surface area contributed by atoms with E-state index in [1.807, 2.05) is 13.8 Å². The minimum absolute atomic E-state index is 0.114. The van der Waals surface area contributed by atoms with Gasteiger partial charge in [-0.25, -0.2) is 12.8 Å². The molecule has 4 rings (SSSR count). The molecule has 0 spiro atoms. The maximum Gasteiger partial charge on any atom is 0.323 e. The number of aryl methyl sites for hydroxylation is 1. The van der Waals surface area contributed by atoms with Crippen LogP contribution in [0.4, 0.5) is 4.39 Å². The number of carboxylic acids is 1. The maximum absolute atomic E-state index is 14.1. The molecule has 0 bridgehead atoms. The topological polar surface area (TPSA) is 79.6 Å². The van der Waals surface area contributed by atoms with Crippen LogP contribution in [0, 0.1) is 19.7 Å². The Morgan fingerprint density at radius 3 is 2.33 bits per heavy atom. The van der Waals surface area contributed by atoms with Gasteiger partial charge in [-0.05, 0) is 81.3 Å². The Morgan fingerprint density at radius 2 is 1.73 bits per heavy atom. The summed E-state index contributed by atoms with van der Waals surface area (Å²) < 4.78 is 43.5. The summed E-state index contributed by atoms with van der Waals surface area (Å²) in [6.07, 6.45) is 2.88. The third-order valence-electron chi connectivity index (χ3n) is 6.94. The average molecular weight is 473 g/mol. The van der Waals surface area contributed by atoms with E-state index in [4.69, 9.17) is 0 Å². The molecule has 1 fully saturated rings. The van der Waals surface area contributed by atoms with Gasteiger partial charge in [0.15, 0.2) is 0 Å². The molecule has 1 aromatic heterocycles. The summed E-state index contributed by atoms with van der Waals surface area (Å²) in [5, 5.41) is 10.1. The zero-order valence-corrected chi connectivity index (χ0v) is 19.9. The zero-order valence-electron chi connectivity index (χ0n) is 19.1. The summed E-state index contributed by atoms with van der Waals surface area (Å²) in [7, 11) is -1.94. The molecule has 2 aromatic carbocycles. The lowest BCUT2D eigenvalue weighted by Gasteiger charge is -2.34. The second kappa shape index (κ2) is 8.91. The highest BCUT2D eigenvalue weighted by atomic mass is 32.2. The summed E-state index contributed by atoms with van der Waals surface area (Å²) >= 11 is 0. The first-order chi connectivity index (χ1) is 15.6. The van der Waals surface area contributed by atoms with Crippen molar-refractivity contribution < 1.29 is 22.7 Å². The van der Waals surface area contributed by atoms with Gasteiger partial charge in [-0.3, -0.25) is 4.79 Å². The zero-order chi connectivity index (χ0) is 23.9. The van der Waals surface area contributed by atoms with E-state index >= 15 is 0 Å². The van der Waals surface area contributed by atoms with E-state index in [1.54, 1.807) is 41.9 Å². The molecule has 33 heavy (non-hydrogen) atoms. The Balaban J connectivity index is 1.58. The second-order valence-electron chi connectivity index (χ2n) is 8.98. The number of sulfonamides is 1. The molecule has 1 aliphatic carbocycles. The summed E-state index contributed by atoms with van der Waals surface area (Å²) in [6, 6.07) is 11.2. The lowest BCUT2D eigenvalue weighted by atomic mass is 9.80. The molecule has 0 amide bonds. The van der Waals surface area contributed by atoms with Crippen LogP contribution in [0.15, 0.2) is 47.4 Å². The van der Waals surface area contributed by atoms with Gasteiger partial charge >= 0.3 is 5.97 Å². The van der Waals surface area contributed by atoms with Crippen LogP contribution in [-0.4, -0.2) is 41.5 Å². The van der Waals surface area contributed by atoms with Gasteiger partial charge in [0, 0.05) is 29.7 Å². The monoisotopic (exact) mass is 472 g/mol. The molecule has 0 radical (unpaired) electrons. The Labute approximate surface area is 193 Å². The summed E-state index contributed by atoms with van der Waals surface area (Å²) in [5.74, 6) is -1.18. The summed E-state index contributed by atoms with van der Waals surface area (Å²) in [5.41, 5.74) is 3.54. The van der Waals surface area contributed by atoms with E-state index < -0.39 is 16.0 Å². The predicted octanol–water partition coefficient (Wildman–Crippen LogP) is 4.83. The van der Waals surface area contributed by atoms with Crippen molar-refractivity contribution in [1.29, 1.82) is 0 Å². The molecule has 8 heteroatoms. The standard InChI is InChI=1S/C25H29FN2O4S/c1-16-4-11-21(12-5-16)33(31,32)27(3)20-9-6-18(7-10-20)25-17(2)28(15-24(29)30)23-13-8-19(26)14-22(23)25/h4-5,8,11-14,18,20H,6-7,9-10,15H2,1-3H3,(H,29,30). The number of benzene rings is 2. The number of rotatable bonds is 6. The lowest BCUT2D eigenvalue weighted by molar-refractivity contribution is -0.137. The van der Waals surface area contributed by atoms with Crippen molar-refractivity contribution in [3.05, 3.63) is 65.1 Å². The van der Waals surface area contributed by atoms with Crippen LogP contribution in [0.5, 0.6) is 0 Å². The molecule has 0 saturated heterocycles. The first kappa shape index (κ1) is 23.4. The third-order valence-corrected chi connectivity index (χ3v) is 8.87. The van der Waals surface area contributed by atoms with Crippen LogP contribution >= 0.6 is 0 Å². The number of carbonyl (C=O) groups is 1. The fourth-order valence-electron chi connectivity index (χ4n) is 5.14. The van der Waals surface area contributed by atoms with Crippen LogP contribution in [0.3, 0.4) is 0 Å². The van der Waals surface area contributed by atoms with Crippen molar-refractivity contribution in [3.63, 3.8) is 0 Å². The number of fused-ring (bicyclic) bond motifs is 1. The highest BCUT2D eigenvalue weighted by molar-refractivity contribution is 7.89. The van der Waals surface area contributed by atoms with Crippen molar-refractivity contribution in [3.8, 4) is 0 Å². The number of nitrogens with zero attached hydrogens (tertiary/aromatic N) is 2. The highest BCUT2D eigenvalue weighted by Gasteiger charge is 2.33. The van der Waals surface area contributed by atoms with E-state index in [0.717, 1.165) is 35.0 Å². The molecule has 1 aliphatic rings. The fourth-order valence-corrected chi connectivity index (χ4v) is 6.55. The Kier molecular flexibility index (Phi) is 6.33. The maximum atomic E-state index is 14.1. The second-order valence-corrected chi connectivity index (χ2v) is 11.0. The molecule has 0 aliphatic heterocycles. The van der Waals surface area contributed by atoms with Gasteiger partial charge in [-0.15, -0.1) is 0 Å². The molecule has 1 saturated carbocycles. The average Bonchev–Trinajstić information content (AvgIpc) is 3.03. The van der Waals surface area contributed by atoms with Crippen LogP contribution in [0.1, 0.15) is 48.4 Å². The van der Waals surface area contributed by atoms with Gasteiger partial charge in [0.05, 0.1) is 4.90 Å². The predicted molar refractivity (Wildman–Crippen MR) is 125 cm³/mol. The van der Waals surface area contributed by atoms with Crippen LogP contribution in [0.2, 0.25) is 0 Å². The first-order valence-electron chi connectivity index (χ1n) is 11.1. The number of carboxylic acid groups (broad SMARTS) is 1. The summed E-state index contributed by atoms with van der Waals surface area (Å²) in [4.78, 5) is 11.7. The first-order valence-corrected chi connectivity index (χ1v) is 12.6. The molecular formula is C25H29FN2O4S. The van der Waals surface area contributed by atoms with Crippen molar-refractivity contribution in [2.75, 3.05) is 7.05 Å². The molecule has 3 aromatic rings. The number of hydrogen-bond donors (Lipinski definition) is 1. The van der Waals surface area contributed by atoms with E-state index in [0.29, 0.717) is 23.3 Å². The van der Waals surface area contributed by atoms with E-state index in [1.165, 1.54) is 16.4 Å². The van der Waals surface area contributed by atoms with E-state index in [9.17, 15) is 22.7 Å². The smallest absolute Gasteiger partial charge is 0.323 e. The SMILES string of the molecule is Cc1ccc(S(=O)(=O)N(C)C2CCC(c3c(C)n(CC(=O)O)c4ccc(F)cc34)CC2)cc1.